The van der Waals surface area contributed by atoms with Crippen LogP contribution in [0.15, 0.2) is 23.5 Å². The van der Waals surface area contributed by atoms with Gasteiger partial charge in [0.15, 0.2) is 0 Å². The lowest BCUT2D eigenvalue weighted by molar-refractivity contribution is -0.136. The molecule has 0 aromatic rings. The molecule has 0 atom stereocenters. The molecule has 0 N–H and O–H groups in total. The molecular weight excluding hydrogens is 140 g/mol. The van der Waals surface area contributed by atoms with Gasteiger partial charge in [-0.3, -0.25) is 4.79 Å². The third kappa shape index (κ3) is 2.58. The topological polar surface area (TPSA) is 26.3 Å². The molecule has 0 heterocycles. The molecule has 0 saturated carbocycles. The third-order valence-corrected chi connectivity index (χ3v) is 1.53. The molecule has 0 saturated heterocycles. The fraction of sp³-hybridized carbons (Fsp3) is 0.444. The van der Waals surface area contributed by atoms with Crippen LogP contribution in [0.1, 0.15) is 26.7 Å². The van der Waals surface area contributed by atoms with E-state index in [2.05, 4.69) is 0 Å². The van der Waals surface area contributed by atoms with Gasteiger partial charge in [-0.05, 0) is 31.9 Å². The summed E-state index contributed by atoms with van der Waals surface area (Å²) in [7, 11) is 0. The van der Waals surface area contributed by atoms with Crippen LogP contribution in [0.5, 0.6) is 0 Å². The lowest BCUT2D eigenvalue weighted by Gasteiger charge is -2.09. The van der Waals surface area contributed by atoms with E-state index in [0.717, 1.165) is 12.8 Å². The first kappa shape index (κ1) is 8.05. The first-order chi connectivity index (χ1) is 5.18. The molecule has 2 heteroatoms. The summed E-state index contributed by atoms with van der Waals surface area (Å²) in [5, 5.41) is 0. The van der Waals surface area contributed by atoms with E-state index in [4.69, 9.17) is 4.74 Å². The Hall–Kier alpha value is -1.05. The predicted octanol–water partition coefficient (Wildman–Crippen LogP) is 2.17. The van der Waals surface area contributed by atoms with Gasteiger partial charge in [0.05, 0.1) is 0 Å². The second kappa shape index (κ2) is 3.37. The molecule has 1 rings (SSSR count). The second-order valence-corrected chi connectivity index (χ2v) is 2.73. The highest BCUT2D eigenvalue weighted by atomic mass is 16.5. The Balaban J connectivity index is 2.59. The van der Waals surface area contributed by atoms with Gasteiger partial charge in [0.25, 0.3) is 0 Å². The molecule has 0 bridgehead atoms. The van der Waals surface area contributed by atoms with Crippen LogP contribution in [0.2, 0.25) is 0 Å². The maximum atomic E-state index is 10.5. The minimum atomic E-state index is -0.248. The number of ether oxygens (including phenoxy) is 1. The monoisotopic (exact) mass is 152 g/mol. The van der Waals surface area contributed by atoms with Gasteiger partial charge in [-0.25, -0.2) is 0 Å². The van der Waals surface area contributed by atoms with E-state index in [-0.39, 0.29) is 5.97 Å². The Bertz CT molecular complexity index is 224. The molecule has 0 unspecified atom stereocenters. The predicted molar refractivity (Wildman–Crippen MR) is 42.8 cm³/mol. The Labute approximate surface area is 66.5 Å². The molecular formula is C9H12O2. The van der Waals surface area contributed by atoms with Crippen LogP contribution >= 0.6 is 0 Å². The minimum absolute atomic E-state index is 0.248. The number of carbonyl (C=O) groups excluding carboxylic acids is 1. The fourth-order valence-corrected chi connectivity index (χ4v) is 1.05. The van der Waals surface area contributed by atoms with Crippen LogP contribution < -0.4 is 0 Å². The summed E-state index contributed by atoms with van der Waals surface area (Å²) in [6.45, 7) is 3.45. The Kier molecular flexibility index (Phi) is 2.47. The molecule has 0 amide bonds. The average Bonchev–Trinajstić information content (AvgIpc) is 1.85. The summed E-state index contributed by atoms with van der Waals surface area (Å²) in [5.41, 5.74) is 1.27. The van der Waals surface area contributed by atoms with Gasteiger partial charge >= 0.3 is 5.97 Å². The van der Waals surface area contributed by atoms with Crippen LogP contribution in [0.25, 0.3) is 0 Å². The quantitative estimate of drug-likeness (QED) is 0.538. The SMILES string of the molecule is CC(=O)OC1=CCCC(C)=C1. The molecule has 0 aliphatic heterocycles. The first-order valence-corrected chi connectivity index (χ1v) is 3.74. The molecule has 11 heavy (non-hydrogen) atoms. The summed E-state index contributed by atoms with van der Waals surface area (Å²) >= 11 is 0. The summed E-state index contributed by atoms with van der Waals surface area (Å²) in [6, 6.07) is 0. The molecule has 0 aromatic carbocycles. The molecule has 2 nitrogen and oxygen atoms in total. The van der Waals surface area contributed by atoms with Crippen molar-refractivity contribution in [2.75, 3.05) is 0 Å². The molecule has 0 fully saturated rings. The van der Waals surface area contributed by atoms with Gasteiger partial charge in [-0.15, -0.1) is 0 Å². The third-order valence-electron chi connectivity index (χ3n) is 1.53. The second-order valence-electron chi connectivity index (χ2n) is 2.73. The maximum Gasteiger partial charge on any atom is 0.308 e. The highest BCUT2D eigenvalue weighted by Gasteiger charge is 2.03. The van der Waals surface area contributed by atoms with Gasteiger partial charge in [0.2, 0.25) is 0 Å². The molecule has 1 aliphatic rings. The van der Waals surface area contributed by atoms with Crippen molar-refractivity contribution in [3.63, 3.8) is 0 Å². The lowest BCUT2D eigenvalue weighted by Crippen LogP contribution is -1.99. The average molecular weight is 152 g/mol. The zero-order valence-electron chi connectivity index (χ0n) is 6.89. The Morgan fingerprint density at radius 1 is 1.64 bits per heavy atom. The van der Waals surface area contributed by atoms with E-state index in [0.29, 0.717) is 5.76 Å². The summed E-state index contributed by atoms with van der Waals surface area (Å²) in [5.74, 6) is 0.448. The van der Waals surface area contributed by atoms with E-state index < -0.39 is 0 Å². The summed E-state index contributed by atoms with van der Waals surface area (Å²) < 4.78 is 4.91. The van der Waals surface area contributed by atoms with Gasteiger partial charge < -0.3 is 4.74 Å². The number of carbonyl (C=O) groups is 1. The van der Waals surface area contributed by atoms with Crippen molar-refractivity contribution >= 4 is 5.97 Å². The van der Waals surface area contributed by atoms with Gasteiger partial charge in [-0.1, -0.05) is 5.57 Å². The van der Waals surface area contributed by atoms with E-state index in [9.17, 15) is 4.79 Å². The molecule has 1 aliphatic carbocycles. The Morgan fingerprint density at radius 2 is 2.36 bits per heavy atom. The van der Waals surface area contributed by atoms with E-state index in [1.165, 1.54) is 12.5 Å². The number of rotatable bonds is 1. The van der Waals surface area contributed by atoms with E-state index >= 15 is 0 Å². The van der Waals surface area contributed by atoms with Crippen molar-refractivity contribution in [1.82, 2.24) is 0 Å². The van der Waals surface area contributed by atoms with Crippen molar-refractivity contribution in [2.45, 2.75) is 26.7 Å². The van der Waals surface area contributed by atoms with Crippen molar-refractivity contribution in [1.29, 1.82) is 0 Å². The molecule has 0 radical (unpaired) electrons. The van der Waals surface area contributed by atoms with Gasteiger partial charge in [0.1, 0.15) is 5.76 Å². The normalized spacial score (nSPS) is 16.9. The van der Waals surface area contributed by atoms with Crippen molar-refractivity contribution in [2.24, 2.45) is 0 Å². The van der Waals surface area contributed by atoms with Crippen molar-refractivity contribution in [3.8, 4) is 0 Å². The minimum Gasteiger partial charge on any atom is -0.427 e. The number of hydrogen-bond donors (Lipinski definition) is 0. The van der Waals surface area contributed by atoms with Gasteiger partial charge in [-0.2, -0.15) is 0 Å². The molecule has 0 aromatic heterocycles. The van der Waals surface area contributed by atoms with E-state index in [1.807, 2.05) is 19.1 Å². The van der Waals surface area contributed by atoms with Crippen molar-refractivity contribution < 1.29 is 9.53 Å². The fourth-order valence-electron chi connectivity index (χ4n) is 1.05. The van der Waals surface area contributed by atoms with Crippen LogP contribution in [0, 0.1) is 0 Å². The highest BCUT2D eigenvalue weighted by molar-refractivity contribution is 5.67. The van der Waals surface area contributed by atoms with Crippen LogP contribution in [0.3, 0.4) is 0 Å². The summed E-state index contributed by atoms with van der Waals surface area (Å²) in [4.78, 5) is 10.5. The zero-order chi connectivity index (χ0) is 8.27. The number of hydrogen-bond acceptors (Lipinski definition) is 2. The molecule has 60 valence electrons. The Morgan fingerprint density at radius 3 is 2.91 bits per heavy atom. The standard InChI is InChI=1S/C9H12O2/c1-7-4-3-5-9(6-7)11-8(2)10/h5-6H,3-4H2,1-2H3. The van der Waals surface area contributed by atoms with Crippen molar-refractivity contribution in [3.05, 3.63) is 23.5 Å². The maximum absolute atomic E-state index is 10.5. The first-order valence-electron chi connectivity index (χ1n) is 3.74. The number of allylic oxidation sites excluding steroid dienone is 3. The van der Waals surface area contributed by atoms with E-state index in [1.54, 1.807) is 0 Å². The lowest BCUT2D eigenvalue weighted by atomic mass is 10.1. The highest BCUT2D eigenvalue weighted by Crippen LogP contribution is 2.17. The number of esters is 1. The largest absolute Gasteiger partial charge is 0.427 e. The zero-order valence-corrected chi connectivity index (χ0v) is 6.89. The molecule has 0 spiro atoms. The summed E-state index contributed by atoms with van der Waals surface area (Å²) in [6.07, 6.45) is 5.90. The van der Waals surface area contributed by atoms with Crippen LogP contribution in [0.4, 0.5) is 0 Å². The smallest absolute Gasteiger partial charge is 0.308 e. The van der Waals surface area contributed by atoms with Crippen LogP contribution in [-0.2, 0) is 9.53 Å². The van der Waals surface area contributed by atoms with Crippen LogP contribution in [-0.4, -0.2) is 5.97 Å². The van der Waals surface area contributed by atoms with Gasteiger partial charge in [0, 0.05) is 6.92 Å².